The second kappa shape index (κ2) is 6.56. The van der Waals surface area contributed by atoms with Gasteiger partial charge in [0.05, 0.1) is 0 Å². The molecule has 27 heavy (non-hydrogen) atoms. The molecule has 0 fully saturated rings. The van der Waals surface area contributed by atoms with Crippen LogP contribution in [0.3, 0.4) is 0 Å². The van der Waals surface area contributed by atoms with E-state index in [0.29, 0.717) is 0 Å². The van der Waals surface area contributed by atoms with Gasteiger partial charge in [-0.3, -0.25) is 0 Å². The number of hydrogen-bond acceptors (Lipinski definition) is 1. The molecule has 0 amide bonds. The van der Waals surface area contributed by atoms with Gasteiger partial charge in [-0.1, -0.05) is 82.6 Å². The Morgan fingerprint density at radius 1 is 0.852 bits per heavy atom. The SMILES string of the molecule is CCCc1c(-c2c(N)ccc3c2Cc2ccccc2-3)cccc1C(C)(C)C. The summed E-state index contributed by atoms with van der Waals surface area (Å²) in [6.07, 6.45) is 3.19. The van der Waals surface area contributed by atoms with Gasteiger partial charge in [0.15, 0.2) is 0 Å². The van der Waals surface area contributed by atoms with E-state index in [1.54, 1.807) is 0 Å². The van der Waals surface area contributed by atoms with Crippen molar-refractivity contribution in [2.45, 2.75) is 52.4 Å². The highest BCUT2D eigenvalue weighted by molar-refractivity contribution is 5.91. The quantitative estimate of drug-likeness (QED) is 0.404. The third-order valence-electron chi connectivity index (χ3n) is 5.77. The minimum atomic E-state index is 0.121. The first-order valence-corrected chi connectivity index (χ1v) is 10.0. The Hall–Kier alpha value is -2.54. The van der Waals surface area contributed by atoms with Crippen molar-refractivity contribution in [3.8, 4) is 22.3 Å². The van der Waals surface area contributed by atoms with Crippen LogP contribution in [0.15, 0.2) is 54.6 Å². The van der Waals surface area contributed by atoms with E-state index in [9.17, 15) is 0 Å². The van der Waals surface area contributed by atoms with Crippen molar-refractivity contribution in [3.63, 3.8) is 0 Å². The Morgan fingerprint density at radius 3 is 2.33 bits per heavy atom. The molecule has 1 aliphatic rings. The van der Waals surface area contributed by atoms with Crippen LogP contribution in [-0.2, 0) is 18.3 Å². The monoisotopic (exact) mass is 355 g/mol. The van der Waals surface area contributed by atoms with Gasteiger partial charge < -0.3 is 5.73 Å². The number of nitrogen functional groups attached to an aromatic ring is 1. The zero-order chi connectivity index (χ0) is 19.2. The van der Waals surface area contributed by atoms with Crippen LogP contribution in [0.2, 0.25) is 0 Å². The second-order valence-corrected chi connectivity index (χ2v) is 8.72. The molecule has 0 aromatic heterocycles. The van der Waals surface area contributed by atoms with Crippen LogP contribution in [0.1, 0.15) is 56.4 Å². The fourth-order valence-corrected chi connectivity index (χ4v) is 4.59. The molecule has 0 radical (unpaired) electrons. The third kappa shape index (κ3) is 2.96. The van der Waals surface area contributed by atoms with E-state index < -0.39 is 0 Å². The van der Waals surface area contributed by atoms with E-state index in [0.717, 1.165) is 24.9 Å². The summed E-state index contributed by atoms with van der Waals surface area (Å²) in [6, 6.07) is 19.8. The Kier molecular flexibility index (Phi) is 4.34. The topological polar surface area (TPSA) is 26.0 Å². The molecule has 1 heteroatoms. The molecule has 1 aliphatic carbocycles. The lowest BCUT2D eigenvalue weighted by molar-refractivity contribution is 0.581. The van der Waals surface area contributed by atoms with Gasteiger partial charge in [-0.25, -0.2) is 0 Å². The summed E-state index contributed by atoms with van der Waals surface area (Å²) in [5, 5.41) is 0. The van der Waals surface area contributed by atoms with E-state index in [4.69, 9.17) is 5.73 Å². The molecule has 0 unspecified atom stereocenters. The highest BCUT2D eigenvalue weighted by atomic mass is 14.6. The number of rotatable bonds is 3. The number of nitrogens with two attached hydrogens (primary N) is 1. The summed E-state index contributed by atoms with van der Waals surface area (Å²) in [7, 11) is 0. The van der Waals surface area contributed by atoms with Crippen molar-refractivity contribution in [3.05, 3.63) is 76.9 Å². The van der Waals surface area contributed by atoms with Crippen LogP contribution >= 0.6 is 0 Å². The van der Waals surface area contributed by atoms with Crippen LogP contribution in [0.25, 0.3) is 22.3 Å². The van der Waals surface area contributed by atoms with Crippen LogP contribution in [0.5, 0.6) is 0 Å². The standard InChI is InChI=1S/C26H29N/c1-5-9-20-21(12-8-13-23(20)26(2,3)4)25-22-16-17-10-6-7-11-18(17)19(22)14-15-24(25)27/h6-8,10-15H,5,9,16,27H2,1-4H3. The molecular formula is C26H29N. The largest absolute Gasteiger partial charge is 0.398 e. The normalized spacial score (nSPS) is 12.7. The molecule has 3 aromatic carbocycles. The van der Waals surface area contributed by atoms with Gasteiger partial charge in [0.2, 0.25) is 0 Å². The molecule has 0 atom stereocenters. The summed E-state index contributed by atoms with van der Waals surface area (Å²) in [5.41, 5.74) is 18.6. The molecule has 2 N–H and O–H groups in total. The van der Waals surface area contributed by atoms with Crippen molar-refractivity contribution >= 4 is 5.69 Å². The predicted octanol–water partition coefficient (Wildman–Crippen LogP) is 6.76. The Bertz CT molecular complexity index is 1010. The van der Waals surface area contributed by atoms with Crippen molar-refractivity contribution in [1.82, 2.24) is 0 Å². The van der Waals surface area contributed by atoms with Crippen molar-refractivity contribution in [2.24, 2.45) is 0 Å². The van der Waals surface area contributed by atoms with E-state index in [-0.39, 0.29) is 5.41 Å². The minimum Gasteiger partial charge on any atom is -0.398 e. The number of hydrogen-bond donors (Lipinski definition) is 1. The molecule has 0 bridgehead atoms. The third-order valence-corrected chi connectivity index (χ3v) is 5.77. The fourth-order valence-electron chi connectivity index (χ4n) is 4.59. The Balaban J connectivity index is 1.99. The maximum atomic E-state index is 6.58. The zero-order valence-corrected chi connectivity index (χ0v) is 16.9. The first kappa shape index (κ1) is 17.9. The first-order chi connectivity index (χ1) is 12.9. The van der Waals surface area contributed by atoms with E-state index >= 15 is 0 Å². The summed E-state index contributed by atoms with van der Waals surface area (Å²) in [6.45, 7) is 9.18. The summed E-state index contributed by atoms with van der Waals surface area (Å²) in [4.78, 5) is 0. The minimum absolute atomic E-state index is 0.121. The van der Waals surface area contributed by atoms with Gasteiger partial charge in [-0.15, -0.1) is 0 Å². The molecule has 0 aliphatic heterocycles. The molecule has 1 nitrogen and oxygen atoms in total. The molecule has 0 saturated carbocycles. The Labute approximate surface area is 163 Å². The van der Waals surface area contributed by atoms with Crippen molar-refractivity contribution in [1.29, 1.82) is 0 Å². The van der Waals surface area contributed by atoms with E-state index in [1.807, 2.05) is 0 Å². The zero-order valence-electron chi connectivity index (χ0n) is 16.9. The van der Waals surface area contributed by atoms with Gasteiger partial charge in [0, 0.05) is 11.3 Å². The molecule has 4 rings (SSSR count). The maximum Gasteiger partial charge on any atom is 0.0397 e. The van der Waals surface area contributed by atoms with E-state index in [2.05, 4.69) is 82.3 Å². The number of fused-ring (bicyclic) bond motifs is 3. The lowest BCUT2D eigenvalue weighted by atomic mass is 9.78. The summed E-state index contributed by atoms with van der Waals surface area (Å²) >= 11 is 0. The summed E-state index contributed by atoms with van der Waals surface area (Å²) in [5.74, 6) is 0. The smallest absolute Gasteiger partial charge is 0.0397 e. The van der Waals surface area contributed by atoms with Crippen LogP contribution in [-0.4, -0.2) is 0 Å². The average molecular weight is 356 g/mol. The number of benzene rings is 3. The van der Waals surface area contributed by atoms with Gasteiger partial charge in [-0.2, -0.15) is 0 Å². The van der Waals surface area contributed by atoms with Crippen molar-refractivity contribution < 1.29 is 0 Å². The van der Waals surface area contributed by atoms with Crippen LogP contribution in [0, 0.1) is 0 Å². The maximum absolute atomic E-state index is 6.58. The molecular weight excluding hydrogens is 326 g/mol. The van der Waals surface area contributed by atoms with E-state index in [1.165, 1.54) is 44.5 Å². The summed E-state index contributed by atoms with van der Waals surface area (Å²) < 4.78 is 0. The fraction of sp³-hybridized carbons (Fsp3) is 0.308. The lowest BCUT2D eigenvalue weighted by Crippen LogP contribution is -2.15. The molecule has 3 aromatic rings. The molecule has 0 saturated heterocycles. The van der Waals surface area contributed by atoms with Crippen LogP contribution < -0.4 is 5.73 Å². The average Bonchev–Trinajstić information content (AvgIpc) is 3.00. The van der Waals surface area contributed by atoms with Gasteiger partial charge in [-0.05, 0) is 63.3 Å². The second-order valence-electron chi connectivity index (χ2n) is 8.72. The molecule has 0 spiro atoms. The van der Waals surface area contributed by atoms with Crippen molar-refractivity contribution in [2.75, 3.05) is 5.73 Å². The lowest BCUT2D eigenvalue weighted by Gasteiger charge is -2.26. The van der Waals surface area contributed by atoms with Gasteiger partial charge >= 0.3 is 0 Å². The Morgan fingerprint density at radius 2 is 1.59 bits per heavy atom. The molecule has 0 heterocycles. The predicted molar refractivity (Wildman–Crippen MR) is 117 cm³/mol. The first-order valence-electron chi connectivity index (χ1n) is 10.0. The highest BCUT2D eigenvalue weighted by Crippen LogP contribution is 2.46. The van der Waals surface area contributed by atoms with Crippen LogP contribution in [0.4, 0.5) is 5.69 Å². The number of anilines is 1. The molecule has 138 valence electrons. The highest BCUT2D eigenvalue weighted by Gasteiger charge is 2.26. The van der Waals surface area contributed by atoms with Gasteiger partial charge in [0.1, 0.15) is 0 Å². The van der Waals surface area contributed by atoms with Gasteiger partial charge in [0.25, 0.3) is 0 Å².